The molecular formula is C19H24N2O4S2. The predicted molar refractivity (Wildman–Crippen MR) is 105 cm³/mol. The SMILES string of the molecule is O=C(CCc1ccc(S(=O)(=O)N2CCOCC2)cc1)NCCc1cccs1. The Labute approximate surface area is 164 Å². The van der Waals surface area contributed by atoms with Gasteiger partial charge in [-0.1, -0.05) is 18.2 Å². The molecule has 1 aliphatic heterocycles. The molecule has 1 N–H and O–H groups in total. The van der Waals surface area contributed by atoms with Gasteiger partial charge in [-0.2, -0.15) is 4.31 Å². The first-order chi connectivity index (χ1) is 13.1. The maximum atomic E-state index is 12.6. The van der Waals surface area contributed by atoms with Gasteiger partial charge in [0.2, 0.25) is 15.9 Å². The molecule has 0 spiro atoms. The van der Waals surface area contributed by atoms with Gasteiger partial charge in [-0.3, -0.25) is 4.79 Å². The highest BCUT2D eigenvalue weighted by Crippen LogP contribution is 2.18. The van der Waals surface area contributed by atoms with Crippen LogP contribution in [0.5, 0.6) is 0 Å². The van der Waals surface area contributed by atoms with Crippen molar-refractivity contribution < 1.29 is 17.9 Å². The van der Waals surface area contributed by atoms with Crippen LogP contribution in [0, 0.1) is 0 Å². The number of sulfonamides is 1. The Morgan fingerprint density at radius 3 is 2.52 bits per heavy atom. The normalized spacial score (nSPS) is 15.6. The van der Waals surface area contributed by atoms with Gasteiger partial charge in [-0.05, 0) is 42.0 Å². The first-order valence-corrected chi connectivity index (χ1v) is 11.3. The summed E-state index contributed by atoms with van der Waals surface area (Å²) in [6, 6.07) is 10.9. The summed E-state index contributed by atoms with van der Waals surface area (Å²) in [5.41, 5.74) is 0.948. The molecule has 1 aromatic carbocycles. The monoisotopic (exact) mass is 408 g/mol. The number of amides is 1. The van der Waals surface area contributed by atoms with Crippen molar-refractivity contribution in [2.45, 2.75) is 24.2 Å². The third-order valence-corrected chi connectivity index (χ3v) is 7.29. The third kappa shape index (κ3) is 5.62. The second-order valence-electron chi connectivity index (χ2n) is 6.34. The van der Waals surface area contributed by atoms with E-state index in [0.717, 1.165) is 12.0 Å². The second-order valence-corrected chi connectivity index (χ2v) is 9.31. The molecule has 27 heavy (non-hydrogen) atoms. The van der Waals surface area contributed by atoms with E-state index >= 15 is 0 Å². The van der Waals surface area contributed by atoms with Gasteiger partial charge in [0, 0.05) is 30.9 Å². The van der Waals surface area contributed by atoms with Crippen LogP contribution in [-0.2, 0) is 32.4 Å². The van der Waals surface area contributed by atoms with Gasteiger partial charge in [0.05, 0.1) is 18.1 Å². The van der Waals surface area contributed by atoms with Crippen molar-refractivity contribution in [2.75, 3.05) is 32.8 Å². The van der Waals surface area contributed by atoms with Gasteiger partial charge < -0.3 is 10.1 Å². The average molecular weight is 409 g/mol. The maximum Gasteiger partial charge on any atom is 0.243 e. The zero-order chi connectivity index (χ0) is 19.1. The zero-order valence-electron chi connectivity index (χ0n) is 15.1. The van der Waals surface area contributed by atoms with Crippen molar-refractivity contribution in [3.05, 3.63) is 52.2 Å². The van der Waals surface area contributed by atoms with Crippen LogP contribution >= 0.6 is 11.3 Å². The lowest BCUT2D eigenvalue weighted by Crippen LogP contribution is -2.40. The van der Waals surface area contributed by atoms with Crippen LogP contribution in [0.15, 0.2) is 46.7 Å². The van der Waals surface area contributed by atoms with Gasteiger partial charge in [0.25, 0.3) is 0 Å². The number of rotatable bonds is 8. The molecule has 3 rings (SSSR count). The summed E-state index contributed by atoms with van der Waals surface area (Å²) in [4.78, 5) is 13.5. The van der Waals surface area contributed by atoms with Crippen LogP contribution in [0.25, 0.3) is 0 Å². The summed E-state index contributed by atoms with van der Waals surface area (Å²) in [5, 5.41) is 4.95. The number of morpholine rings is 1. The molecule has 0 atom stereocenters. The minimum atomic E-state index is -3.47. The smallest absolute Gasteiger partial charge is 0.243 e. The molecule has 0 saturated carbocycles. The molecule has 1 fully saturated rings. The second kappa shape index (κ2) is 9.45. The van der Waals surface area contributed by atoms with E-state index in [-0.39, 0.29) is 10.8 Å². The quantitative estimate of drug-likeness (QED) is 0.725. The molecule has 1 amide bonds. The Balaban J connectivity index is 1.46. The molecular weight excluding hydrogens is 384 g/mol. The van der Waals surface area contributed by atoms with Gasteiger partial charge in [0.15, 0.2) is 0 Å². The van der Waals surface area contributed by atoms with Crippen molar-refractivity contribution in [3.63, 3.8) is 0 Å². The fraction of sp³-hybridized carbons (Fsp3) is 0.421. The van der Waals surface area contributed by atoms with E-state index in [1.165, 1.54) is 9.18 Å². The van der Waals surface area contributed by atoms with Gasteiger partial charge in [-0.15, -0.1) is 11.3 Å². The number of aryl methyl sites for hydroxylation is 1. The maximum absolute atomic E-state index is 12.6. The van der Waals surface area contributed by atoms with Crippen LogP contribution < -0.4 is 5.32 Å². The Bertz CT molecular complexity index is 827. The molecule has 0 bridgehead atoms. The fourth-order valence-electron chi connectivity index (χ4n) is 2.89. The van der Waals surface area contributed by atoms with Crippen LogP contribution in [-0.4, -0.2) is 51.5 Å². The van der Waals surface area contributed by atoms with Gasteiger partial charge in [-0.25, -0.2) is 8.42 Å². The molecule has 1 aromatic heterocycles. The van der Waals surface area contributed by atoms with Crippen LogP contribution in [0.4, 0.5) is 0 Å². The first-order valence-electron chi connectivity index (χ1n) is 9.01. The van der Waals surface area contributed by atoms with Crippen LogP contribution in [0.3, 0.4) is 0 Å². The van der Waals surface area contributed by atoms with Crippen molar-refractivity contribution >= 4 is 27.3 Å². The van der Waals surface area contributed by atoms with Crippen LogP contribution in [0.2, 0.25) is 0 Å². The number of thiophene rings is 1. The third-order valence-electron chi connectivity index (χ3n) is 4.45. The molecule has 0 unspecified atom stereocenters. The van der Waals surface area contributed by atoms with E-state index in [4.69, 9.17) is 4.74 Å². The summed E-state index contributed by atoms with van der Waals surface area (Å²) in [6.45, 7) is 2.26. The number of benzene rings is 1. The van der Waals surface area contributed by atoms with Crippen molar-refractivity contribution in [3.8, 4) is 0 Å². The highest BCUT2D eigenvalue weighted by atomic mass is 32.2. The molecule has 0 aliphatic carbocycles. The Morgan fingerprint density at radius 2 is 1.85 bits per heavy atom. The summed E-state index contributed by atoms with van der Waals surface area (Å²) in [7, 11) is -3.47. The minimum absolute atomic E-state index is 0.0107. The summed E-state index contributed by atoms with van der Waals surface area (Å²) in [6.07, 6.45) is 1.82. The molecule has 146 valence electrons. The lowest BCUT2D eigenvalue weighted by molar-refractivity contribution is -0.121. The Hall–Kier alpha value is -1.74. The zero-order valence-corrected chi connectivity index (χ0v) is 16.7. The number of hydrogen-bond acceptors (Lipinski definition) is 5. The Morgan fingerprint density at radius 1 is 1.11 bits per heavy atom. The summed E-state index contributed by atoms with van der Waals surface area (Å²) >= 11 is 1.69. The number of nitrogens with one attached hydrogen (secondary N) is 1. The molecule has 0 radical (unpaired) electrons. The largest absolute Gasteiger partial charge is 0.379 e. The number of hydrogen-bond donors (Lipinski definition) is 1. The average Bonchev–Trinajstić information content (AvgIpc) is 3.21. The fourth-order valence-corrected chi connectivity index (χ4v) is 5.01. The summed E-state index contributed by atoms with van der Waals surface area (Å²) < 4.78 is 31.8. The van der Waals surface area contributed by atoms with E-state index in [9.17, 15) is 13.2 Å². The predicted octanol–water partition coefficient (Wildman–Crippen LogP) is 2.06. The van der Waals surface area contributed by atoms with E-state index in [1.807, 2.05) is 11.4 Å². The highest BCUT2D eigenvalue weighted by molar-refractivity contribution is 7.89. The van der Waals surface area contributed by atoms with Gasteiger partial charge in [0.1, 0.15) is 0 Å². The molecule has 8 heteroatoms. The number of carbonyl (C=O) groups excluding carboxylic acids is 1. The number of carbonyl (C=O) groups is 1. The van der Waals surface area contributed by atoms with Crippen molar-refractivity contribution in [1.82, 2.24) is 9.62 Å². The van der Waals surface area contributed by atoms with Gasteiger partial charge >= 0.3 is 0 Å². The van der Waals surface area contributed by atoms with E-state index in [0.29, 0.717) is 45.7 Å². The van der Waals surface area contributed by atoms with E-state index in [1.54, 1.807) is 35.6 Å². The Kier molecular flexibility index (Phi) is 7.01. The van der Waals surface area contributed by atoms with E-state index < -0.39 is 10.0 Å². The van der Waals surface area contributed by atoms with E-state index in [2.05, 4.69) is 11.4 Å². The first kappa shape index (κ1) is 20.0. The highest BCUT2D eigenvalue weighted by Gasteiger charge is 2.26. The minimum Gasteiger partial charge on any atom is -0.379 e. The topological polar surface area (TPSA) is 75.7 Å². The van der Waals surface area contributed by atoms with Crippen LogP contribution in [0.1, 0.15) is 16.9 Å². The standard InChI is InChI=1S/C19H24N2O4S2/c22-19(20-10-9-17-2-1-15-26-17)8-5-16-3-6-18(7-4-16)27(23,24)21-11-13-25-14-12-21/h1-4,6-7,15H,5,8-14H2,(H,20,22). The lowest BCUT2D eigenvalue weighted by atomic mass is 10.1. The lowest BCUT2D eigenvalue weighted by Gasteiger charge is -2.26. The molecule has 1 aliphatic rings. The summed E-state index contributed by atoms with van der Waals surface area (Å²) in [5.74, 6) is 0.0107. The number of nitrogens with zero attached hydrogens (tertiary/aromatic N) is 1. The van der Waals surface area contributed by atoms with Crippen molar-refractivity contribution in [1.29, 1.82) is 0 Å². The van der Waals surface area contributed by atoms with Crippen molar-refractivity contribution in [2.24, 2.45) is 0 Å². The molecule has 2 aromatic rings. The number of ether oxygens (including phenoxy) is 1. The molecule has 2 heterocycles. The molecule has 1 saturated heterocycles. The molecule has 6 nitrogen and oxygen atoms in total.